The van der Waals surface area contributed by atoms with Crippen molar-refractivity contribution in [3.63, 3.8) is 0 Å². The van der Waals surface area contributed by atoms with Gasteiger partial charge in [-0.2, -0.15) is 16.8 Å². The number of rotatable bonds is 21. The van der Waals surface area contributed by atoms with Crippen LogP contribution in [-0.2, 0) is 48.4 Å². The van der Waals surface area contributed by atoms with E-state index >= 15 is 0 Å². The molecule has 6 aromatic rings. The number of nitrogens with zero attached hydrogens (tertiary/aromatic N) is 6. The summed E-state index contributed by atoms with van der Waals surface area (Å²) < 4.78 is 84.5. The van der Waals surface area contributed by atoms with Crippen LogP contribution in [-0.4, -0.2) is 77.7 Å². The Hall–Kier alpha value is -6.85. The van der Waals surface area contributed by atoms with Gasteiger partial charge in [0.15, 0.2) is 22.9 Å². The minimum atomic E-state index is -5.32. The van der Waals surface area contributed by atoms with E-state index in [-0.39, 0.29) is 46.0 Å². The molecular weight excluding hydrogens is 1020 g/mol. The van der Waals surface area contributed by atoms with Gasteiger partial charge in [0.25, 0.3) is 31.5 Å². The number of non-ortho nitro benzene ring substituents is 1. The maximum atomic E-state index is 13.3. The molecule has 6 rings (SSSR count). The third-order valence-corrected chi connectivity index (χ3v) is 12.0. The molecule has 5 aromatic carbocycles. The minimum absolute atomic E-state index is 0.0899. The summed E-state index contributed by atoms with van der Waals surface area (Å²) >= 11 is 0.886. The number of anilines is 2. The molecule has 0 radical (unpaired) electrons. The zero-order valence-electron chi connectivity index (χ0n) is 32.4. The van der Waals surface area contributed by atoms with E-state index in [0.717, 1.165) is 47.1 Å². The van der Waals surface area contributed by atoms with Gasteiger partial charge in [0.2, 0.25) is 0 Å². The third kappa shape index (κ3) is 11.5. The molecule has 0 bridgehead atoms. The Labute approximate surface area is 388 Å². The number of nitro groups is 1. The number of benzene rings is 5. The number of hydrazine groups is 1. The molecule has 0 unspecified atom stereocenters. The number of hydrogen-bond acceptors (Lipinski definition) is 28. The highest BCUT2D eigenvalue weighted by Crippen LogP contribution is 2.51. The second-order valence-electron chi connectivity index (χ2n) is 12.4. The van der Waals surface area contributed by atoms with Crippen molar-refractivity contribution in [1.29, 1.82) is 0 Å². The van der Waals surface area contributed by atoms with E-state index in [4.69, 9.17) is 15.8 Å². The van der Waals surface area contributed by atoms with Crippen LogP contribution < -0.4 is 16.4 Å². The maximum Gasteiger partial charge on any atom is 0.356 e. The topological polar surface area (TPSA) is 457 Å². The quantitative estimate of drug-likeness (QED) is 0.00835. The van der Waals surface area contributed by atoms with Gasteiger partial charge in [0, 0.05) is 17.0 Å². The monoisotopic (exact) mass is 1040 g/mol. The number of nitrogens with one attached hydrogen (secondary N) is 3. The van der Waals surface area contributed by atoms with E-state index in [1.54, 1.807) is 0 Å². The van der Waals surface area contributed by atoms with E-state index < -0.39 is 108 Å². The van der Waals surface area contributed by atoms with Gasteiger partial charge in [-0.3, -0.25) is 34.5 Å². The highest BCUT2D eigenvalue weighted by atomic mass is 32.2. The Balaban J connectivity index is 1.39. The van der Waals surface area contributed by atoms with E-state index in [0.29, 0.717) is 23.0 Å². The summed E-state index contributed by atoms with van der Waals surface area (Å²) in [6, 6.07) is 12.9. The van der Waals surface area contributed by atoms with Crippen molar-refractivity contribution < 1.29 is 94.9 Å². The first kappa shape index (κ1) is 50.6. The molecule has 1 aromatic heterocycles. The lowest BCUT2D eigenvalue weighted by Crippen LogP contribution is -2.21. The SMILES string of the molecule is O=C(O)c1[nH]n(-c2ccc(SOOO)cc2)c(=O)c1NNc1ccc(N=Nc2c(SOOO)cc3cc(S(=O)(=O)O)c(N=Nc4ccc([N+](=O)[O-])cc4SOOO)c(O)c3c2O)c(S(=O)(=O)O)c1. The standard InChI is InChI=1S/C32H23N9O22S5/c42-29-24-13(10-23(68(55,56)57)26(30(24)43)37-34-18-8-4-16(41(47)48)12-20(18)65-62-59-50)9-21(66-63-60-51)25(29)36-35-19-7-1-14(11-22(19)67(52,53)54)33-38-27-28(32(45)46)39-40(31(27)44)15-2-5-17(6-3-15)64-61-58-49/h1-12,33,38-39,42-43,49-51H,(H,45,46)(H,52,53,54)(H,55,56,57). The van der Waals surface area contributed by atoms with E-state index in [9.17, 15) is 61.0 Å². The van der Waals surface area contributed by atoms with Gasteiger partial charge in [-0.15, -0.1) is 33.5 Å². The first-order chi connectivity index (χ1) is 32.3. The minimum Gasteiger partial charge on any atom is -0.505 e. The van der Waals surface area contributed by atoms with Crippen LogP contribution in [0, 0.1) is 10.1 Å². The number of phenols is 2. The molecule has 0 fully saturated rings. The Morgan fingerprint density at radius 2 is 1.31 bits per heavy atom. The predicted molar refractivity (Wildman–Crippen MR) is 227 cm³/mol. The highest BCUT2D eigenvalue weighted by Gasteiger charge is 2.28. The van der Waals surface area contributed by atoms with Gasteiger partial charge in [0.1, 0.15) is 32.5 Å². The number of nitro benzene ring substituents is 1. The number of aromatic hydroxyl groups is 2. The van der Waals surface area contributed by atoms with Crippen LogP contribution >= 0.6 is 36.1 Å². The van der Waals surface area contributed by atoms with E-state index in [1.807, 2.05) is 0 Å². The summed E-state index contributed by atoms with van der Waals surface area (Å²) in [5, 5.41) is 96.7. The number of fused-ring (bicyclic) bond motifs is 1. The van der Waals surface area contributed by atoms with Crippen molar-refractivity contribution in [1.82, 2.24) is 9.78 Å². The van der Waals surface area contributed by atoms with Gasteiger partial charge < -0.3 is 20.7 Å². The molecule has 0 atom stereocenters. The van der Waals surface area contributed by atoms with Crippen LogP contribution in [0.2, 0.25) is 0 Å². The van der Waals surface area contributed by atoms with Crippen molar-refractivity contribution in [3.8, 4) is 17.2 Å². The number of aromatic amines is 1. The zero-order valence-corrected chi connectivity index (χ0v) is 36.5. The number of azo groups is 2. The summed E-state index contributed by atoms with van der Waals surface area (Å²) in [6.45, 7) is 0. The van der Waals surface area contributed by atoms with Crippen molar-refractivity contribution in [2.24, 2.45) is 20.5 Å². The molecule has 36 heteroatoms. The molecule has 31 nitrogen and oxygen atoms in total. The second kappa shape index (κ2) is 21.4. The molecule has 1 heterocycles. The maximum absolute atomic E-state index is 13.3. The number of hydrogen-bond donors (Lipinski definition) is 11. The Bertz CT molecular complexity index is 3280. The molecule has 68 heavy (non-hydrogen) atoms. The number of phenolic OH excluding ortho intramolecular Hbond substituents is 2. The Morgan fingerprint density at radius 3 is 1.93 bits per heavy atom. The Morgan fingerprint density at radius 1 is 0.721 bits per heavy atom. The number of carboxylic acid groups (broad SMARTS) is 1. The molecule has 0 aliphatic heterocycles. The number of aromatic nitrogens is 2. The van der Waals surface area contributed by atoms with Crippen LogP contribution in [0.3, 0.4) is 0 Å². The Kier molecular flexibility index (Phi) is 15.9. The molecule has 11 N–H and O–H groups in total. The molecule has 0 aliphatic rings. The first-order valence-corrected chi connectivity index (χ1v) is 22.3. The van der Waals surface area contributed by atoms with Crippen LogP contribution in [0.25, 0.3) is 16.5 Å². The molecule has 0 aliphatic carbocycles. The lowest BCUT2D eigenvalue weighted by atomic mass is 10.1. The number of H-pyrrole nitrogens is 1. The third-order valence-electron chi connectivity index (χ3n) is 8.44. The molecule has 0 spiro atoms. The predicted octanol–water partition coefficient (Wildman–Crippen LogP) is 7.38. The summed E-state index contributed by atoms with van der Waals surface area (Å²) in [6.07, 6.45) is 0. The molecule has 0 amide bonds. The lowest BCUT2D eigenvalue weighted by Gasteiger charge is -2.13. The van der Waals surface area contributed by atoms with Gasteiger partial charge in [0.05, 0.1) is 67.6 Å². The van der Waals surface area contributed by atoms with Gasteiger partial charge in [-0.05, 0) is 66.0 Å². The first-order valence-electron chi connectivity index (χ1n) is 17.2. The smallest absolute Gasteiger partial charge is 0.356 e. The van der Waals surface area contributed by atoms with E-state index in [1.165, 1.54) is 24.3 Å². The van der Waals surface area contributed by atoms with Gasteiger partial charge in [-0.1, -0.05) is 15.1 Å². The normalized spacial score (nSPS) is 12.1. The largest absolute Gasteiger partial charge is 0.505 e. The fourth-order valence-electron chi connectivity index (χ4n) is 5.60. The van der Waals surface area contributed by atoms with Gasteiger partial charge in [-0.25, -0.2) is 25.2 Å². The average Bonchev–Trinajstić information content (AvgIpc) is 3.63. The molecule has 0 saturated heterocycles. The summed E-state index contributed by atoms with van der Waals surface area (Å²) in [5.74, 6) is -3.91. The fraction of sp³-hybridized carbons (Fsp3) is 0. The molecule has 0 saturated carbocycles. The molecule has 358 valence electrons. The average molecular weight is 1050 g/mol. The second-order valence-corrected chi connectivity index (χ2v) is 17.5. The molecular formula is C32H23N9O22S5. The van der Waals surface area contributed by atoms with Crippen LogP contribution in [0.5, 0.6) is 11.5 Å². The van der Waals surface area contributed by atoms with E-state index in [2.05, 4.69) is 64.5 Å². The summed E-state index contributed by atoms with van der Waals surface area (Å²) in [5.41, 5.74) is -0.763. The van der Waals surface area contributed by atoms with Crippen molar-refractivity contribution in [2.75, 3.05) is 10.9 Å². The number of carbonyl (C=O) groups is 1. The van der Waals surface area contributed by atoms with Crippen molar-refractivity contribution in [3.05, 3.63) is 99.0 Å². The van der Waals surface area contributed by atoms with Crippen LogP contribution in [0.15, 0.2) is 123 Å². The zero-order chi connectivity index (χ0) is 49.5. The van der Waals surface area contributed by atoms with Crippen molar-refractivity contribution >= 4 is 113 Å². The van der Waals surface area contributed by atoms with Crippen LogP contribution in [0.4, 0.5) is 39.8 Å². The summed E-state index contributed by atoms with van der Waals surface area (Å²) in [4.78, 5) is 33.5. The van der Waals surface area contributed by atoms with Crippen LogP contribution in [0.1, 0.15) is 10.5 Å². The summed E-state index contributed by atoms with van der Waals surface area (Å²) in [7, 11) is -10.5. The van der Waals surface area contributed by atoms with Crippen molar-refractivity contribution in [2.45, 2.75) is 24.5 Å². The lowest BCUT2D eigenvalue weighted by molar-refractivity contribution is -0.432. The van der Waals surface area contributed by atoms with Gasteiger partial charge >= 0.3 is 5.97 Å². The number of aromatic carboxylic acids is 1. The number of carboxylic acids is 1. The fourth-order valence-corrected chi connectivity index (χ4v) is 8.23. The highest BCUT2D eigenvalue weighted by molar-refractivity contribution is 7.95.